The number of hydrogen-bond donors (Lipinski definition) is 2. The molecular formula is C19H25N3O3. The van der Waals surface area contributed by atoms with Crippen molar-refractivity contribution in [3.8, 4) is 17.2 Å². The SMILES string of the molecule is COc1ccc(CCCN=C(N)Nc2ccc(OC)c(OC)c2)cc1. The number of rotatable bonds is 8. The Labute approximate surface area is 148 Å². The molecule has 6 heteroatoms. The highest BCUT2D eigenvalue weighted by Gasteiger charge is 2.05. The zero-order valence-corrected chi connectivity index (χ0v) is 14.9. The highest BCUT2D eigenvalue weighted by molar-refractivity contribution is 5.92. The van der Waals surface area contributed by atoms with Crippen LogP contribution in [0.2, 0.25) is 0 Å². The van der Waals surface area contributed by atoms with E-state index in [0.29, 0.717) is 24.0 Å². The number of hydrogen-bond acceptors (Lipinski definition) is 4. The summed E-state index contributed by atoms with van der Waals surface area (Å²) < 4.78 is 15.6. The maximum atomic E-state index is 5.94. The van der Waals surface area contributed by atoms with Crippen molar-refractivity contribution >= 4 is 11.6 Å². The minimum absolute atomic E-state index is 0.377. The Morgan fingerprint density at radius 2 is 1.68 bits per heavy atom. The minimum atomic E-state index is 0.377. The van der Waals surface area contributed by atoms with Crippen molar-refractivity contribution in [1.29, 1.82) is 0 Å². The highest BCUT2D eigenvalue weighted by Crippen LogP contribution is 2.29. The molecule has 0 aliphatic carbocycles. The lowest BCUT2D eigenvalue weighted by molar-refractivity contribution is 0.355. The monoisotopic (exact) mass is 343 g/mol. The van der Waals surface area contributed by atoms with E-state index >= 15 is 0 Å². The number of anilines is 1. The molecule has 6 nitrogen and oxygen atoms in total. The van der Waals surface area contributed by atoms with Crippen LogP contribution in [0.25, 0.3) is 0 Å². The van der Waals surface area contributed by atoms with Crippen LogP contribution in [0, 0.1) is 0 Å². The summed E-state index contributed by atoms with van der Waals surface area (Å²) in [5.41, 5.74) is 7.99. The van der Waals surface area contributed by atoms with Gasteiger partial charge in [-0.3, -0.25) is 4.99 Å². The van der Waals surface area contributed by atoms with Crippen molar-refractivity contribution in [3.05, 3.63) is 48.0 Å². The highest BCUT2D eigenvalue weighted by atomic mass is 16.5. The van der Waals surface area contributed by atoms with Crippen LogP contribution < -0.4 is 25.3 Å². The van der Waals surface area contributed by atoms with E-state index in [9.17, 15) is 0 Å². The predicted molar refractivity (Wildman–Crippen MR) is 101 cm³/mol. The second-order valence-corrected chi connectivity index (χ2v) is 5.41. The molecule has 0 spiro atoms. The number of aliphatic imine (C=N–C) groups is 1. The Morgan fingerprint density at radius 1 is 0.960 bits per heavy atom. The van der Waals surface area contributed by atoms with Gasteiger partial charge in [-0.05, 0) is 42.7 Å². The third-order valence-corrected chi connectivity index (χ3v) is 3.72. The van der Waals surface area contributed by atoms with Crippen molar-refractivity contribution in [2.75, 3.05) is 33.2 Å². The molecule has 0 amide bonds. The number of nitrogens with zero attached hydrogens (tertiary/aromatic N) is 1. The predicted octanol–water partition coefficient (Wildman–Crippen LogP) is 3.07. The fourth-order valence-electron chi connectivity index (χ4n) is 2.38. The molecule has 0 saturated heterocycles. The van der Waals surface area contributed by atoms with Gasteiger partial charge in [0, 0.05) is 18.3 Å². The number of benzene rings is 2. The van der Waals surface area contributed by atoms with Crippen LogP contribution >= 0.6 is 0 Å². The zero-order chi connectivity index (χ0) is 18.1. The summed E-state index contributed by atoms with van der Waals surface area (Å²) in [6.07, 6.45) is 1.86. The Hall–Kier alpha value is -2.89. The maximum Gasteiger partial charge on any atom is 0.193 e. The van der Waals surface area contributed by atoms with Crippen molar-refractivity contribution in [2.45, 2.75) is 12.8 Å². The van der Waals surface area contributed by atoms with Gasteiger partial charge in [0.1, 0.15) is 5.75 Å². The Kier molecular flexibility index (Phi) is 6.95. The molecule has 0 heterocycles. The van der Waals surface area contributed by atoms with Crippen LogP contribution in [0.15, 0.2) is 47.5 Å². The summed E-state index contributed by atoms with van der Waals surface area (Å²) in [6, 6.07) is 13.6. The molecule has 0 bridgehead atoms. The van der Waals surface area contributed by atoms with Crippen LogP contribution in [0.4, 0.5) is 5.69 Å². The average molecular weight is 343 g/mol. The summed E-state index contributed by atoms with van der Waals surface area (Å²) in [5.74, 6) is 2.55. The summed E-state index contributed by atoms with van der Waals surface area (Å²) in [5, 5.41) is 3.06. The lowest BCUT2D eigenvalue weighted by Gasteiger charge is -2.11. The van der Waals surface area contributed by atoms with Crippen molar-refractivity contribution in [3.63, 3.8) is 0 Å². The molecule has 25 heavy (non-hydrogen) atoms. The van der Waals surface area contributed by atoms with Crippen LogP contribution in [-0.2, 0) is 6.42 Å². The van der Waals surface area contributed by atoms with Gasteiger partial charge in [-0.15, -0.1) is 0 Å². The van der Waals surface area contributed by atoms with Gasteiger partial charge in [-0.25, -0.2) is 0 Å². The van der Waals surface area contributed by atoms with Crippen molar-refractivity contribution in [1.82, 2.24) is 0 Å². The third kappa shape index (κ3) is 5.60. The first-order valence-corrected chi connectivity index (χ1v) is 8.08. The molecule has 0 atom stereocenters. The first-order chi connectivity index (χ1) is 12.2. The van der Waals surface area contributed by atoms with Gasteiger partial charge in [-0.2, -0.15) is 0 Å². The number of nitrogens with two attached hydrogens (primary N) is 1. The molecule has 0 unspecified atom stereocenters. The quantitative estimate of drug-likeness (QED) is 0.437. The molecular weight excluding hydrogens is 318 g/mol. The second kappa shape index (κ2) is 9.42. The van der Waals surface area contributed by atoms with Crippen LogP contribution in [0.3, 0.4) is 0 Å². The summed E-state index contributed by atoms with van der Waals surface area (Å²) >= 11 is 0. The Morgan fingerprint density at radius 3 is 2.32 bits per heavy atom. The molecule has 2 aromatic rings. The summed E-state index contributed by atoms with van der Waals surface area (Å²) in [7, 11) is 4.86. The third-order valence-electron chi connectivity index (χ3n) is 3.72. The van der Waals surface area contributed by atoms with E-state index in [0.717, 1.165) is 24.3 Å². The molecule has 0 aliphatic rings. The van der Waals surface area contributed by atoms with Crippen LogP contribution in [-0.4, -0.2) is 33.8 Å². The van der Waals surface area contributed by atoms with E-state index in [1.807, 2.05) is 30.3 Å². The van der Waals surface area contributed by atoms with Crippen molar-refractivity contribution < 1.29 is 14.2 Å². The van der Waals surface area contributed by atoms with Gasteiger partial charge in [0.25, 0.3) is 0 Å². The van der Waals surface area contributed by atoms with E-state index in [1.54, 1.807) is 21.3 Å². The van der Waals surface area contributed by atoms with Crippen LogP contribution in [0.1, 0.15) is 12.0 Å². The Balaban J connectivity index is 1.83. The normalized spacial score (nSPS) is 11.1. The maximum absolute atomic E-state index is 5.94. The molecule has 0 fully saturated rings. The van der Waals surface area contributed by atoms with E-state index in [1.165, 1.54) is 5.56 Å². The zero-order valence-electron chi connectivity index (χ0n) is 14.9. The molecule has 2 aromatic carbocycles. The lowest BCUT2D eigenvalue weighted by Crippen LogP contribution is -2.22. The van der Waals surface area contributed by atoms with Gasteiger partial charge in [0.15, 0.2) is 17.5 Å². The largest absolute Gasteiger partial charge is 0.497 e. The molecule has 0 radical (unpaired) electrons. The first kappa shape index (κ1) is 18.4. The fraction of sp³-hybridized carbons (Fsp3) is 0.316. The van der Waals surface area contributed by atoms with Gasteiger partial charge in [-0.1, -0.05) is 12.1 Å². The molecule has 2 rings (SSSR count). The number of methoxy groups -OCH3 is 3. The summed E-state index contributed by atoms with van der Waals surface area (Å²) in [4.78, 5) is 4.35. The number of nitrogens with one attached hydrogen (secondary N) is 1. The van der Waals surface area contributed by atoms with E-state index in [4.69, 9.17) is 19.9 Å². The topological polar surface area (TPSA) is 78.1 Å². The van der Waals surface area contributed by atoms with E-state index in [-0.39, 0.29) is 0 Å². The standard InChI is InChI=1S/C19H25N3O3/c1-23-16-9-6-14(7-10-16)5-4-12-21-19(20)22-15-8-11-17(24-2)18(13-15)25-3/h6-11,13H,4-5,12H2,1-3H3,(H3,20,21,22). The van der Waals surface area contributed by atoms with Gasteiger partial charge >= 0.3 is 0 Å². The van der Waals surface area contributed by atoms with Crippen molar-refractivity contribution in [2.24, 2.45) is 10.7 Å². The molecule has 0 aromatic heterocycles. The number of ether oxygens (including phenoxy) is 3. The summed E-state index contributed by atoms with van der Waals surface area (Å²) in [6.45, 7) is 0.651. The minimum Gasteiger partial charge on any atom is -0.497 e. The lowest BCUT2D eigenvalue weighted by atomic mass is 10.1. The fourth-order valence-corrected chi connectivity index (χ4v) is 2.38. The molecule has 134 valence electrons. The van der Waals surface area contributed by atoms with E-state index in [2.05, 4.69) is 22.4 Å². The number of aryl methyl sites for hydroxylation is 1. The van der Waals surface area contributed by atoms with Gasteiger partial charge in [0.05, 0.1) is 21.3 Å². The van der Waals surface area contributed by atoms with Gasteiger partial charge < -0.3 is 25.3 Å². The molecule has 0 saturated carbocycles. The Bertz CT molecular complexity index is 700. The average Bonchev–Trinajstić information content (AvgIpc) is 2.65. The molecule has 3 N–H and O–H groups in total. The van der Waals surface area contributed by atoms with E-state index < -0.39 is 0 Å². The first-order valence-electron chi connectivity index (χ1n) is 8.08. The van der Waals surface area contributed by atoms with Gasteiger partial charge in [0.2, 0.25) is 0 Å². The smallest absolute Gasteiger partial charge is 0.193 e. The number of guanidine groups is 1. The second-order valence-electron chi connectivity index (χ2n) is 5.41. The molecule has 0 aliphatic heterocycles. The van der Waals surface area contributed by atoms with Crippen LogP contribution in [0.5, 0.6) is 17.2 Å².